The van der Waals surface area contributed by atoms with Crippen molar-refractivity contribution in [2.45, 2.75) is 0 Å². The van der Waals surface area contributed by atoms with Crippen LogP contribution in [0.15, 0.2) is 0 Å². The second-order valence-electron chi connectivity index (χ2n) is 0.661. The van der Waals surface area contributed by atoms with Gasteiger partial charge in [-0.2, -0.15) is 0 Å². The summed E-state index contributed by atoms with van der Waals surface area (Å²) >= 11 is 0. The van der Waals surface area contributed by atoms with Gasteiger partial charge in [0.25, 0.3) is 5.59 Å². The second kappa shape index (κ2) is 1.61. The van der Waals surface area contributed by atoms with Gasteiger partial charge in [0.05, 0.1) is 0 Å². The van der Waals surface area contributed by atoms with Crippen LogP contribution >= 0.6 is 0 Å². The van der Waals surface area contributed by atoms with Gasteiger partial charge in [0.1, 0.15) is 0 Å². The van der Waals surface area contributed by atoms with Crippen molar-refractivity contribution in [3.05, 3.63) is 0 Å². The molecule has 0 bridgehead atoms. The Morgan fingerprint density at radius 3 is 2.00 bits per heavy atom. The van der Waals surface area contributed by atoms with E-state index in [4.69, 9.17) is 0 Å². The Morgan fingerprint density at radius 2 is 2.00 bits per heavy atom. The highest BCUT2D eigenvalue weighted by Gasteiger charge is 2.17. The summed E-state index contributed by atoms with van der Waals surface area (Å²) in [5, 5.41) is 0. The molecule has 0 saturated carbocycles. The van der Waals surface area contributed by atoms with E-state index in [1.165, 1.54) is 0 Å². The summed E-state index contributed by atoms with van der Waals surface area (Å²) < 4.78 is 4.21. The number of rotatable bonds is 0. The molecule has 1 aliphatic rings. The number of carbonyl (C=O) groups is 1. The third-order valence-corrected chi connectivity index (χ3v) is 0.787. The molecule has 0 unspecified atom stereocenters. The molecule has 0 aliphatic carbocycles. The number of carbonyl (C=O) groups excluding carboxylic acids is 1. The van der Waals surface area contributed by atoms with E-state index in [2.05, 4.69) is 4.43 Å². The van der Waals surface area contributed by atoms with Crippen molar-refractivity contribution in [3.8, 4) is 0 Å². The van der Waals surface area contributed by atoms with Crippen LogP contribution in [0.3, 0.4) is 0 Å². The summed E-state index contributed by atoms with van der Waals surface area (Å²) in [5.41, 5.74) is 0.0556. The molecule has 0 N–H and O–H groups in total. The van der Waals surface area contributed by atoms with Crippen molar-refractivity contribution in [1.82, 2.24) is 0 Å². The van der Waals surface area contributed by atoms with Gasteiger partial charge in [0.15, 0.2) is 17.4 Å². The maximum Gasteiger partial charge on any atom is 0.344 e. The quantitative estimate of drug-likeness (QED) is 0.264. The summed E-state index contributed by atoms with van der Waals surface area (Å²) in [5.74, 6) is 0. The van der Waals surface area contributed by atoms with Gasteiger partial charge < -0.3 is 4.43 Å². The van der Waals surface area contributed by atoms with E-state index in [9.17, 15) is 4.79 Å². The molecular formula is CH5AlO2Si. The van der Waals surface area contributed by atoms with E-state index in [-0.39, 0.29) is 23.0 Å². The van der Waals surface area contributed by atoms with Gasteiger partial charge in [-0.1, -0.05) is 0 Å². The first-order valence-corrected chi connectivity index (χ1v) is 2.33. The number of hydrogen-bond donors (Lipinski definition) is 0. The van der Waals surface area contributed by atoms with Gasteiger partial charge in [-0.05, 0) is 0 Å². The zero-order chi connectivity index (χ0) is 2.99. The topological polar surface area (TPSA) is 29.6 Å². The number of hydrogen-bond acceptors (Lipinski definition) is 2. The first-order chi connectivity index (χ1) is 1.89. The first-order valence-electron chi connectivity index (χ1n) is 1.05. The Morgan fingerprint density at radius 1 is 1.80 bits per heavy atom. The van der Waals surface area contributed by atoms with E-state index < -0.39 is 9.76 Å². The third-order valence-electron chi connectivity index (χ3n) is 0.262. The Hall–Kier alpha value is 0.219. The normalized spacial score (nSPS) is 20.4. The monoisotopic (exact) mass is 104 g/mol. The molecule has 1 rings (SSSR count). The fourth-order valence-electron chi connectivity index (χ4n) is 0.0295. The Labute approximate surface area is 42.6 Å². The van der Waals surface area contributed by atoms with E-state index in [0.29, 0.717) is 0 Å². The van der Waals surface area contributed by atoms with E-state index in [1.807, 2.05) is 0 Å². The molecule has 0 aromatic rings. The highest BCUT2D eigenvalue weighted by molar-refractivity contribution is 6.82. The highest BCUT2D eigenvalue weighted by atomic mass is 28.2. The fraction of sp³-hybridized carbons (Fsp3) is 0. The molecule has 0 aromatic heterocycles. The molecule has 5 heavy (non-hydrogen) atoms. The van der Waals surface area contributed by atoms with E-state index >= 15 is 0 Å². The van der Waals surface area contributed by atoms with Crippen LogP contribution < -0.4 is 0 Å². The SMILES string of the molecule is O=C1O[SiH2]1.[AlH3]. The molecule has 28 valence electrons. The van der Waals surface area contributed by atoms with Crippen molar-refractivity contribution in [2.75, 3.05) is 0 Å². The summed E-state index contributed by atoms with van der Waals surface area (Å²) in [6.45, 7) is 0. The lowest BCUT2D eigenvalue weighted by Gasteiger charge is -1.37. The van der Waals surface area contributed by atoms with E-state index in [1.54, 1.807) is 0 Å². The van der Waals surface area contributed by atoms with Gasteiger partial charge in [-0.15, -0.1) is 0 Å². The maximum absolute atomic E-state index is 9.40. The first kappa shape index (κ1) is 5.22. The largest absolute Gasteiger partial charge is 0.514 e. The molecule has 1 saturated heterocycles. The predicted molar refractivity (Wildman–Crippen MR) is 25.0 cm³/mol. The van der Waals surface area contributed by atoms with Gasteiger partial charge in [-0.3, -0.25) is 4.79 Å². The fourth-order valence-corrected chi connectivity index (χ4v) is 0.0884. The van der Waals surface area contributed by atoms with Crippen LogP contribution in [0, 0.1) is 0 Å². The van der Waals surface area contributed by atoms with Crippen LogP contribution in [0.4, 0.5) is 4.79 Å². The molecule has 1 fully saturated rings. The van der Waals surface area contributed by atoms with Crippen molar-refractivity contribution in [2.24, 2.45) is 0 Å². The average molecular weight is 104 g/mol. The van der Waals surface area contributed by atoms with Gasteiger partial charge >= 0.3 is 9.76 Å². The minimum atomic E-state index is -0.548. The smallest absolute Gasteiger partial charge is 0.344 e. The summed E-state index contributed by atoms with van der Waals surface area (Å²) in [6.07, 6.45) is 0. The van der Waals surface area contributed by atoms with Crippen LogP contribution in [0.25, 0.3) is 0 Å². The van der Waals surface area contributed by atoms with E-state index in [0.717, 1.165) is 0 Å². The lowest BCUT2D eigenvalue weighted by atomic mass is 11.6. The van der Waals surface area contributed by atoms with Crippen molar-refractivity contribution in [1.29, 1.82) is 0 Å². The average Bonchev–Trinajstić information content (AvgIpc) is 1.75. The minimum absolute atomic E-state index is 0. The standard InChI is InChI=1S/CH2O2Si.Al.3H/c2-1-3-4-1;;;;/h4H2;;;;. The lowest BCUT2D eigenvalue weighted by Crippen LogP contribution is -1.47. The second-order valence-corrected chi connectivity index (χ2v) is 1.82. The molecule has 0 atom stereocenters. The van der Waals surface area contributed by atoms with Crippen LogP contribution in [0.2, 0.25) is 0 Å². The zero-order valence-electron chi connectivity index (χ0n) is 2.02. The third kappa shape index (κ3) is 2.01. The van der Waals surface area contributed by atoms with Crippen LogP contribution in [-0.4, -0.2) is 32.7 Å². The molecule has 0 radical (unpaired) electrons. The lowest BCUT2D eigenvalue weighted by molar-refractivity contribution is 0.249. The summed E-state index contributed by atoms with van der Waals surface area (Å²) in [4.78, 5) is 9.40. The molecule has 1 aliphatic heterocycles. The highest BCUT2D eigenvalue weighted by Crippen LogP contribution is 1.89. The van der Waals surface area contributed by atoms with Crippen molar-refractivity contribution in [3.63, 3.8) is 0 Å². The van der Waals surface area contributed by atoms with Crippen LogP contribution in [0.5, 0.6) is 0 Å². The van der Waals surface area contributed by atoms with Crippen molar-refractivity contribution >= 4 is 32.7 Å². The predicted octanol–water partition coefficient (Wildman–Crippen LogP) is -1.96. The molecule has 0 aromatic carbocycles. The molecule has 1 heterocycles. The maximum atomic E-state index is 9.40. The zero-order valence-corrected chi connectivity index (χ0v) is 3.44. The minimum Gasteiger partial charge on any atom is -0.514 e. The summed E-state index contributed by atoms with van der Waals surface area (Å²) in [6, 6.07) is 0. The van der Waals surface area contributed by atoms with Crippen LogP contribution in [0.1, 0.15) is 0 Å². The Kier molecular flexibility index (Phi) is 1.68. The molecule has 0 spiro atoms. The molecule has 0 amide bonds. The molecular weight excluding hydrogens is 99.1 g/mol. The van der Waals surface area contributed by atoms with Crippen molar-refractivity contribution < 1.29 is 9.22 Å². The van der Waals surface area contributed by atoms with Crippen LogP contribution in [-0.2, 0) is 4.43 Å². The van der Waals surface area contributed by atoms with Gasteiger partial charge in [0, 0.05) is 0 Å². The van der Waals surface area contributed by atoms with Gasteiger partial charge in [0.2, 0.25) is 0 Å². The summed E-state index contributed by atoms with van der Waals surface area (Å²) in [7, 11) is -0.548. The Balaban J connectivity index is 0.000000160. The molecule has 4 heteroatoms. The van der Waals surface area contributed by atoms with Gasteiger partial charge in [-0.25, -0.2) is 0 Å². The Bertz CT molecular complexity index is 47.6. The molecule has 2 nitrogen and oxygen atoms in total.